The fourth-order valence-electron chi connectivity index (χ4n) is 2.50. The molecule has 0 aliphatic carbocycles. The minimum Gasteiger partial charge on any atom is -0.297 e. The van der Waals surface area contributed by atoms with Crippen LogP contribution in [0, 0.1) is 0 Å². The number of nitrogens with zero attached hydrogens (tertiary/aromatic N) is 1. The summed E-state index contributed by atoms with van der Waals surface area (Å²) in [6.45, 7) is 9.37. The second kappa shape index (κ2) is 5.01. The van der Waals surface area contributed by atoms with Crippen molar-refractivity contribution in [2.45, 2.75) is 45.6 Å². The van der Waals surface area contributed by atoms with Crippen molar-refractivity contribution >= 4 is 0 Å². The molecule has 1 aromatic carbocycles. The second-order valence-electron chi connectivity index (χ2n) is 5.24. The standard InChI is InChI=1S/C15H23N/c1-12(2)14-6-8-15(9-7-14)13(3)16-10-4-5-11-16/h6-9,12-13H,4-5,10-11H2,1-3H3. The summed E-state index contributed by atoms with van der Waals surface area (Å²) in [6.07, 6.45) is 2.74. The van der Waals surface area contributed by atoms with E-state index in [1.54, 1.807) is 0 Å². The molecular formula is C15H23N. The maximum Gasteiger partial charge on any atom is 0.0319 e. The molecule has 0 amide bonds. The number of benzene rings is 1. The van der Waals surface area contributed by atoms with E-state index >= 15 is 0 Å². The highest BCUT2D eigenvalue weighted by atomic mass is 15.2. The van der Waals surface area contributed by atoms with Crippen molar-refractivity contribution in [1.82, 2.24) is 4.90 Å². The molecule has 16 heavy (non-hydrogen) atoms. The van der Waals surface area contributed by atoms with Gasteiger partial charge in [-0.3, -0.25) is 4.90 Å². The van der Waals surface area contributed by atoms with Gasteiger partial charge in [0, 0.05) is 6.04 Å². The van der Waals surface area contributed by atoms with Crippen LogP contribution >= 0.6 is 0 Å². The molecular weight excluding hydrogens is 194 g/mol. The molecule has 0 aromatic heterocycles. The van der Waals surface area contributed by atoms with E-state index in [0.717, 1.165) is 0 Å². The van der Waals surface area contributed by atoms with E-state index in [1.165, 1.54) is 37.1 Å². The summed E-state index contributed by atoms with van der Waals surface area (Å²) in [5, 5.41) is 0. The Kier molecular flexibility index (Phi) is 3.65. The quantitative estimate of drug-likeness (QED) is 0.740. The molecule has 0 bridgehead atoms. The van der Waals surface area contributed by atoms with Crippen LogP contribution in [0.2, 0.25) is 0 Å². The second-order valence-corrected chi connectivity index (χ2v) is 5.24. The summed E-state index contributed by atoms with van der Waals surface area (Å²) < 4.78 is 0. The van der Waals surface area contributed by atoms with E-state index in [4.69, 9.17) is 0 Å². The highest BCUT2D eigenvalue weighted by Gasteiger charge is 2.19. The number of likely N-dealkylation sites (tertiary alicyclic amines) is 1. The first kappa shape index (κ1) is 11.7. The van der Waals surface area contributed by atoms with Gasteiger partial charge in [0.15, 0.2) is 0 Å². The maximum absolute atomic E-state index is 2.59. The summed E-state index contributed by atoms with van der Waals surface area (Å²) in [5.41, 5.74) is 2.91. The van der Waals surface area contributed by atoms with Crippen LogP contribution in [0.15, 0.2) is 24.3 Å². The van der Waals surface area contributed by atoms with Crippen molar-refractivity contribution in [3.05, 3.63) is 35.4 Å². The van der Waals surface area contributed by atoms with Gasteiger partial charge in [-0.25, -0.2) is 0 Å². The molecule has 0 radical (unpaired) electrons. The first-order chi connectivity index (χ1) is 7.68. The molecule has 1 heterocycles. The van der Waals surface area contributed by atoms with Crippen LogP contribution < -0.4 is 0 Å². The molecule has 1 saturated heterocycles. The highest BCUT2D eigenvalue weighted by Crippen LogP contribution is 2.25. The molecule has 88 valence electrons. The highest BCUT2D eigenvalue weighted by molar-refractivity contribution is 5.26. The molecule has 1 fully saturated rings. The summed E-state index contributed by atoms with van der Waals surface area (Å²) in [4.78, 5) is 2.59. The minimum atomic E-state index is 0.587. The molecule has 1 aliphatic rings. The van der Waals surface area contributed by atoms with Gasteiger partial charge in [0.1, 0.15) is 0 Å². The van der Waals surface area contributed by atoms with Crippen LogP contribution in [0.5, 0.6) is 0 Å². The van der Waals surface area contributed by atoms with Gasteiger partial charge in [0.2, 0.25) is 0 Å². The van der Waals surface area contributed by atoms with E-state index in [1.807, 2.05) is 0 Å². The Labute approximate surface area is 99.5 Å². The van der Waals surface area contributed by atoms with Gasteiger partial charge in [-0.1, -0.05) is 38.1 Å². The topological polar surface area (TPSA) is 3.24 Å². The number of hydrogen-bond donors (Lipinski definition) is 0. The first-order valence-electron chi connectivity index (χ1n) is 6.52. The smallest absolute Gasteiger partial charge is 0.0319 e. The van der Waals surface area contributed by atoms with E-state index in [2.05, 4.69) is 49.9 Å². The zero-order valence-corrected chi connectivity index (χ0v) is 10.7. The molecule has 1 aromatic rings. The zero-order valence-electron chi connectivity index (χ0n) is 10.7. The van der Waals surface area contributed by atoms with Crippen LogP contribution in [-0.4, -0.2) is 18.0 Å². The molecule has 1 nitrogen and oxygen atoms in total. The molecule has 2 rings (SSSR count). The fraction of sp³-hybridized carbons (Fsp3) is 0.600. The van der Waals surface area contributed by atoms with Crippen molar-refractivity contribution < 1.29 is 0 Å². The summed E-state index contributed by atoms with van der Waals surface area (Å²) >= 11 is 0. The van der Waals surface area contributed by atoms with Crippen molar-refractivity contribution in [3.63, 3.8) is 0 Å². The fourth-order valence-corrected chi connectivity index (χ4v) is 2.50. The van der Waals surface area contributed by atoms with Crippen molar-refractivity contribution in [2.75, 3.05) is 13.1 Å². The molecule has 0 spiro atoms. The Bertz CT molecular complexity index is 320. The van der Waals surface area contributed by atoms with E-state index in [0.29, 0.717) is 12.0 Å². The van der Waals surface area contributed by atoms with Gasteiger partial charge >= 0.3 is 0 Å². The van der Waals surface area contributed by atoms with Gasteiger partial charge in [-0.15, -0.1) is 0 Å². The van der Waals surface area contributed by atoms with Crippen LogP contribution in [0.3, 0.4) is 0 Å². The lowest BCUT2D eigenvalue weighted by atomic mass is 9.99. The third-order valence-corrected chi connectivity index (χ3v) is 3.77. The van der Waals surface area contributed by atoms with E-state index in [9.17, 15) is 0 Å². The van der Waals surface area contributed by atoms with Crippen molar-refractivity contribution in [1.29, 1.82) is 0 Å². The Morgan fingerprint density at radius 2 is 1.38 bits per heavy atom. The van der Waals surface area contributed by atoms with Crippen LogP contribution in [-0.2, 0) is 0 Å². The van der Waals surface area contributed by atoms with Gasteiger partial charge in [-0.2, -0.15) is 0 Å². The first-order valence-corrected chi connectivity index (χ1v) is 6.52. The van der Waals surface area contributed by atoms with Crippen molar-refractivity contribution in [2.24, 2.45) is 0 Å². The largest absolute Gasteiger partial charge is 0.297 e. The van der Waals surface area contributed by atoms with Crippen LogP contribution in [0.25, 0.3) is 0 Å². The lowest BCUT2D eigenvalue weighted by molar-refractivity contribution is 0.263. The lowest BCUT2D eigenvalue weighted by Gasteiger charge is -2.24. The molecule has 1 aliphatic heterocycles. The molecule has 1 unspecified atom stereocenters. The SMILES string of the molecule is CC(C)c1ccc(C(C)N2CCCC2)cc1. The summed E-state index contributed by atoms with van der Waals surface area (Å²) in [6, 6.07) is 9.76. The molecule has 1 heteroatoms. The maximum atomic E-state index is 2.59. The average molecular weight is 217 g/mol. The van der Waals surface area contributed by atoms with E-state index in [-0.39, 0.29) is 0 Å². The Balaban J connectivity index is 2.08. The summed E-state index contributed by atoms with van der Waals surface area (Å²) in [7, 11) is 0. The molecule has 0 N–H and O–H groups in total. The Morgan fingerprint density at radius 1 is 0.875 bits per heavy atom. The molecule has 1 atom stereocenters. The molecule has 0 saturated carbocycles. The van der Waals surface area contributed by atoms with Gasteiger partial charge in [0.05, 0.1) is 0 Å². The van der Waals surface area contributed by atoms with Crippen LogP contribution in [0.1, 0.15) is 56.7 Å². The number of rotatable bonds is 3. The normalized spacial score (nSPS) is 19.2. The van der Waals surface area contributed by atoms with E-state index < -0.39 is 0 Å². The lowest BCUT2D eigenvalue weighted by Crippen LogP contribution is -2.23. The number of hydrogen-bond acceptors (Lipinski definition) is 1. The Hall–Kier alpha value is -0.820. The van der Waals surface area contributed by atoms with Gasteiger partial charge in [-0.05, 0) is 49.9 Å². The van der Waals surface area contributed by atoms with Crippen LogP contribution in [0.4, 0.5) is 0 Å². The monoisotopic (exact) mass is 217 g/mol. The zero-order chi connectivity index (χ0) is 11.5. The summed E-state index contributed by atoms with van der Waals surface area (Å²) in [5.74, 6) is 0.635. The minimum absolute atomic E-state index is 0.587. The third-order valence-electron chi connectivity index (χ3n) is 3.77. The predicted octanol–water partition coefficient (Wildman–Crippen LogP) is 3.97. The van der Waals surface area contributed by atoms with Gasteiger partial charge < -0.3 is 0 Å². The average Bonchev–Trinajstić information content (AvgIpc) is 2.81. The third kappa shape index (κ3) is 2.46. The van der Waals surface area contributed by atoms with Crippen molar-refractivity contribution in [3.8, 4) is 0 Å². The predicted molar refractivity (Wildman–Crippen MR) is 69.8 cm³/mol. The van der Waals surface area contributed by atoms with Gasteiger partial charge in [0.25, 0.3) is 0 Å². The Morgan fingerprint density at radius 3 is 1.88 bits per heavy atom.